The lowest BCUT2D eigenvalue weighted by atomic mass is 9.95. The van der Waals surface area contributed by atoms with Crippen LogP contribution in [0.15, 0.2) is 30.3 Å². The van der Waals surface area contributed by atoms with Crippen molar-refractivity contribution >= 4 is 5.69 Å². The number of ether oxygens (including phenoxy) is 1. The van der Waals surface area contributed by atoms with Crippen molar-refractivity contribution in [2.24, 2.45) is 5.92 Å². The third kappa shape index (κ3) is 3.56. The summed E-state index contributed by atoms with van der Waals surface area (Å²) in [6.07, 6.45) is 0.337. The Kier molecular flexibility index (Phi) is 5.13. The van der Waals surface area contributed by atoms with E-state index in [1.165, 1.54) is 14.1 Å². The van der Waals surface area contributed by atoms with Gasteiger partial charge in [0.15, 0.2) is 0 Å². The van der Waals surface area contributed by atoms with Crippen LogP contribution in [0.25, 0.3) is 0 Å². The number of pyridine rings is 1. The number of benzene rings is 1. The molecule has 3 rings (SSSR count). The molecule has 1 N–H and O–H groups in total. The van der Waals surface area contributed by atoms with Crippen LogP contribution >= 0.6 is 0 Å². The van der Waals surface area contributed by atoms with Crippen LogP contribution < -0.4 is 15.0 Å². The summed E-state index contributed by atoms with van der Waals surface area (Å²) in [7, 11) is 2.86. The lowest BCUT2D eigenvalue weighted by Crippen LogP contribution is -2.23. The summed E-state index contributed by atoms with van der Waals surface area (Å²) in [6, 6.07) is 9.32. The Bertz CT molecular complexity index is 734. The van der Waals surface area contributed by atoms with Gasteiger partial charge in [-0.2, -0.15) is 18.2 Å². The van der Waals surface area contributed by atoms with Crippen molar-refractivity contribution in [3.8, 4) is 5.88 Å². The quantitative estimate of drug-likeness (QED) is 0.839. The zero-order chi connectivity index (χ0) is 18.0. The van der Waals surface area contributed by atoms with Crippen molar-refractivity contribution in [1.82, 2.24) is 10.3 Å². The maximum atomic E-state index is 14.7. The third-order valence-electron chi connectivity index (χ3n) is 4.32. The lowest BCUT2D eigenvalue weighted by Gasteiger charge is -2.25. The molecular formula is C18H20F3N3O. The standard InChI is InChI=1S/C18H20F3N3O/c1-24(2)15-13(19)17(21)23-18(14(15)20)25-16(12-8-9-22-10-12)11-6-4-3-5-7-11/h3-7,12,16,22H,8-10H2,1-2H3. The van der Waals surface area contributed by atoms with E-state index < -0.39 is 35.3 Å². The fraction of sp³-hybridized carbons (Fsp3) is 0.389. The number of nitrogens with zero attached hydrogens (tertiary/aromatic N) is 2. The number of rotatable bonds is 5. The van der Waals surface area contributed by atoms with Crippen molar-refractivity contribution in [3.05, 3.63) is 53.5 Å². The molecule has 0 spiro atoms. The molecule has 2 atom stereocenters. The first-order chi connectivity index (χ1) is 12.0. The molecule has 1 aliphatic heterocycles. The molecule has 25 heavy (non-hydrogen) atoms. The van der Waals surface area contributed by atoms with Gasteiger partial charge in [0.05, 0.1) is 0 Å². The second-order valence-electron chi connectivity index (χ2n) is 6.28. The molecule has 4 nitrogen and oxygen atoms in total. The van der Waals surface area contributed by atoms with Crippen molar-refractivity contribution in [2.45, 2.75) is 12.5 Å². The molecule has 1 aromatic carbocycles. The number of hydrogen-bond donors (Lipinski definition) is 1. The predicted octanol–water partition coefficient (Wildman–Crippen LogP) is 3.29. The van der Waals surface area contributed by atoms with E-state index in [0.717, 1.165) is 23.4 Å². The van der Waals surface area contributed by atoms with Crippen molar-refractivity contribution in [3.63, 3.8) is 0 Å². The highest BCUT2D eigenvalue weighted by atomic mass is 19.2. The van der Waals surface area contributed by atoms with Gasteiger partial charge < -0.3 is 15.0 Å². The summed E-state index contributed by atoms with van der Waals surface area (Å²) in [5.41, 5.74) is 0.340. The second kappa shape index (κ2) is 7.31. The van der Waals surface area contributed by atoms with Gasteiger partial charge in [-0.1, -0.05) is 30.3 Å². The molecule has 134 valence electrons. The highest BCUT2D eigenvalue weighted by Crippen LogP contribution is 2.35. The topological polar surface area (TPSA) is 37.4 Å². The molecule has 1 saturated heterocycles. The highest BCUT2D eigenvalue weighted by Gasteiger charge is 2.31. The smallest absolute Gasteiger partial charge is 0.256 e. The SMILES string of the molecule is CN(C)c1c(F)c(F)nc(OC(c2ccccc2)C2CCNC2)c1F. The minimum absolute atomic E-state index is 0.0829. The fourth-order valence-electron chi connectivity index (χ4n) is 3.09. The zero-order valence-electron chi connectivity index (χ0n) is 14.1. The van der Waals surface area contributed by atoms with Gasteiger partial charge in [-0.3, -0.25) is 0 Å². The average Bonchev–Trinajstić information content (AvgIpc) is 3.12. The number of aromatic nitrogens is 1. The molecule has 7 heteroatoms. The normalized spacial score (nSPS) is 18.2. The lowest BCUT2D eigenvalue weighted by molar-refractivity contribution is 0.129. The van der Waals surface area contributed by atoms with Crippen LogP contribution in [0.4, 0.5) is 18.9 Å². The number of halogens is 3. The van der Waals surface area contributed by atoms with Gasteiger partial charge in [-0.05, 0) is 18.5 Å². The molecular weight excluding hydrogens is 331 g/mol. The first-order valence-electron chi connectivity index (χ1n) is 8.13. The van der Waals surface area contributed by atoms with E-state index >= 15 is 0 Å². The van der Waals surface area contributed by atoms with Gasteiger partial charge in [0.1, 0.15) is 11.8 Å². The molecule has 0 radical (unpaired) electrons. The Labute approximate surface area is 144 Å². The van der Waals surface area contributed by atoms with E-state index in [1.807, 2.05) is 30.3 Å². The first kappa shape index (κ1) is 17.5. The summed E-state index contributed by atoms with van der Waals surface area (Å²) in [4.78, 5) is 4.53. The molecule has 0 saturated carbocycles. The van der Waals surface area contributed by atoms with Gasteiger partial charge in [0, 0.05) is 26.6 Å². The van der Waals surface area contributed by atoms with Crippen molar-refractivity contribution in [1.29, 1.82) is 0 Å². The predicted molar refractivity (Wildman–Crippen MR) is 89.2 cm³/mol. The van der Waals surface area contributed by atoms with Crippen LogP contribution in [0.1, 0.15) is 18.1 Å². The average molecular weight is 351 g/mol. The maximum absolute atomic E-state index is 14.7. The van der Waals surface area contributed by atoms with Gasteiger partial charge in [-0.15, -0.1) is 0 Å². The Morgan fingerprint density at radius 1 is 1.16 bits per heavy atom. The van der Waals surface area contributed by atoms with E-state index in [9.17, 15) is 13.2 Å². The summed E-state index contributed by atoms with van der Waals surface area (Å²) in [6.45, 7) is 1.53. The van der Waals surface area contributed by atoms with E-state index in [0.29, 0.717) is 6.54 Å². The van der Waals surface area contributed by atoms with Crippen LogP contribution in [-0.2, 0) is 0 Å². The number of hydrogen-bond acceptors (Lipinski definition) is 4. The van der Waals surface area contributed by atoms with E-state index in [-0.39, 0.29) is 5.92 Å². The zero-order valence-corrected chi connectivity index (χ0v) is 14.1. The van der Waals surface area contributed by atoms with Gasteiger partial charge in [0.2, 0.25) is 11.6 Å². The largest absolute Gasteiger partial charge is 0.467 e. The van der Waals surface area contributed by atoms with Gasteiger partial charge in [0.25, 0.3) is 11.8 Å². The van der Waals surface area contributed by atoms with E-state index in [2.05, 4.69) is 10.3 Å². The molecule has 2 heterocycles. The molecule has 0 aliphatic carbocycles. The molecule has 2 unspecified atom stereocenters. The summed E-state index contributed by atoms with van der Waals surface area (Å²) >= 11 is 0. The number of nitrogens with one attached hydrogen (secondary N) is 1. The molecule has 0 bridgehead atoms. The first-order valence-corrected chi connectivity index (χ1v) is 8.13. The molecule has 1 fully saturated rings. The fourth-order valence-corrected chi connectivity index (χ4v) is 3.09. The Hall–Kier alpha value is -2.28. The van der Waals surface area contributed by atoms with E-state index in [1.54, 1.807) is 0 Å². The maximum Gasteiger partial charge on any atom is 0.256 e. The van der Waals surface area contributed by atoms with Crippen LogP contribution in [0.2, 0.25) is 0 Å². The van der Waals surface area contributed by atoms with Crippen molar-refractivity contribution < 1.29 is 17.9 Å². The summed E-state index contributed by atoms with van der Waals surface area (Å²) in [5, 5.41) is 3.24. The van der Waals surface area contributed by atoms with E-state index in [4.69, 9.17) is 4.74 Å². The molecule has 2 aromatic rings. The molecule has 1 aromatic heterocycles. The minimum atomic E-state index is -1.38. The summed E-state index contributed by atoms with van der Waals surface area (Å²) in [5.74, 6) is -4.15. The molecule has 0 amide bonds. The minimum Gasteiger partial charge on any atom is -0.467 e. The Morgan fingerprint density at radius 2 is 1.88 bits per heavy atom. The van der Waals surface area contributed by atoms with Gasteiger partial charge in [-0.25, -0.2) is 0 Å². The number of anilines is 1. The molecule has 1 aliphatic rings. The monoisotopic (exact) mass is 351 g/mol. The Balaban J connectivity index is 2.00. The van der Waals surface area contributed by atoms with Crippen LogP contribution in [-0.4, -0.2) is 32.2 Å². The van der Waals surface area contributed by atoms with Crippen LogP contribution in [0.3, 0.4) is 0 Å². The third-order valence-corrected chi connectivity index (χ3v) is 4.32. The second-order valence-corrected chi connectivity index (χ2v) is 6.28. The summed E-state index contributed by atoms with van der Waals surface area (Å²) < 4.78 is 48.2. The van der Waals surface area contributed by atoms with Crippen molar-refractivity contribution in [2.75, 3.05) is 32.1 Å². The van der Waals surface area contributed by atoms with Gasteiger partial charge >= 0.3 is 0 Å². The highest BCUT2D eigenvalue weighted by molar-refractivity contribution is 5.50. The van der Waals surface area contributed by atoms with Crippen LogP contribution in [0.5, 0.6) is 5.88 Å². The Morgan fingerprint density at radius 3 is 2.48 bits per heavy atom. The van der Waals surface area contributed by atoms with Crippen LogP contribution in [0, 0.1) is 23.5 Å².